The van der Waals surface area contributed by atoms with Gasteiger partial charge in [0.05, 0.1) is 0 Å². The van der Waals surface area contributed by atoms with Crippen LogP contribution in [0, 0.1) is 23.5 Å². The van der Waals surface area contributed by atoms with E-state index < -0.39 is 11.6 Å². The molecule has 1 saturated carbocycles. The second-order valence-electron chi connectivity index (χ2n) is 4.67. The second-order valence-corrected chi connectivity index (χ2v) is 5.23. The Kier molecular flexibility index (Phi) is 3.48. The Morgan fingerprint density at radius 2 is 2.00 bits per heavy atom. The van der Waals surface area contributed by atoms with Crippen LogP contribution in [0.5, 0.6) is 0 Å². The van der Waals surface area contributed by atoms with Gasteiger partial charge in [0.15, 0.2) is 11.6 Å². The Balaban J connectivity index is 2.07. The first-order valence-corrected chi connectivity index (χ1v) is 6.09. The van der Waals surface area contributed by atoms with Gasteiger partial charge in [-0.1, -0.05) is 13.0 Å². The molecule has 0 radical (unpaired) electrons. The zero-order chi connectivity index (χ0) is 11.7. The highest BCUT2D eigenvalue weighted by atomic mass is 35.5. The summed E-state index contributed by atoms with van der Waals surface area (Å²) in [6.07, 6.45) is 2.90. The van der Waals surface area contributed by atoms with E-state index in [0.29, 0.717) is 11.8 Å². The molecule has 0 spiro atoms. The highest BCUT2D eigenvalue weighted by Crippen LogP contribution is 2.37. The number of hydrogen-bond acceptors (Lipinski definition) is 0. The number of hydrogen-bond donors (Lipinski definition) is 0. The first kappa shape index (κ1) is 11.8. The molecule has 3 unspecified atom stereocenters. The first-order valence-electron chi connectivity index (χ1n) is 5.66. The summed E-state index contributed by atoms with van der Waals surface area (Å²) in [7, 11) is 0. The van der Waals surface area contributed by atoms with Crippen LogP contribution in [0.1, 0.15) is 25.3 Å². The van der Waals surface area contributed by atoms with E-state index in [4.69, 9.17) is 11.6 Å². The highest BCUT2D eigenvalue weighted by molar-refractivity contribution is 6.20. The zero-order valence-corrected chi connectivity index (χ0v) is 9.98. The van der Waals surface area contributed by atoms with Gasteiger partial charge in [0, 0.05) is 5.38 Å². The minimum absolute atomic E-state index is 0.232. The molecular formula is C13H15ClF2. The van der Waals surface area contributed by atoms with Gasteiger partial charge in [-0.3, -0.25) is 0 Å². The number of benzene rings is 1. The molecule has 0 N–H and O–H groups in total. The van der Waals surface area contributed by atoms with Crippen molar-refractivity contribution in [3.63, 3.8) is 0 Å². The van der Waals surface area contributed by atoms with E-state index in [0.717, 1.165) is 24.8 Å². The molecular weight excluding hydrogens is 230 g/mol. The fraction of sp³-hybridized carbons (Fsp3) is 0.538. The van der Waals surface area contributed by atoms with Gasteiger partial charge in [0.1, 0.15) is 0 Å². The molecule has 1 aliphatic rings. The third kappa shape index (κ3) is 2.37. The van der Waals surface area contributed by atoms with Crippen LogP contribution in [0.15, 0.2) is 18.2 Å². The van der Waals surface area contributed by atoms with Gasteiger partial charge in [-0.25, -0.2) is 8.78 Å². The SMILES string of the molecule is CC1C(Cl)CCC1Cc1ccc(F)c(F)c1. The summed E-state index contributed by atoms with van der Waals surface area (Å²) < 4.78 is 25.8. The monoisotopic (exact) mass is 244 g/mol. The van der Waals surface area contributed by atoms with Crippen molar-refractivity contribution in [1.29, 1.82) is 0 Å². The van der Waals surface area contributed by atoms with Crippen molar-refractivity contribution >= 4 is 11.6 Å². The summed E-state index contributed by atoms with van der Waals surface area (Å²) in [4.78, 5) is 0. The molecule has 1 fully saturated rings. The lowest BCUT2D eigenvalue weighted by Crippen LogP contribution is -2.13. The number of rotatable bonds is 2. The minimum atomic E-state index is -0.779. The fourth-order valence-electron chi connectivity index (χ4n) is 2.45. The van der Waals surface area contributed by atoms with Gasteiger partial charge < -0.3 is 0 Å². The Morgan fingerprint density at radius 1 is 1.25 bits per heavy atom. The van der Waals surface area contributed by atoms with Gasteiger partial charge in [0.2, 0.25) is 0 Å². The summed E-state index contributed by atoms with van der Waals surface area (Å²) >= 11 is 6.15. The highest BCUT2D eigenvalue weighted by Gasteiger charge is 2.31. The van der Waals surface area contributed by atoms with Crippen LogP contribution in [-0.4, -0.2) is 5.38 Å². The van der Waals surface area contributed by atoms with Crippen LogP contribution < -0.4 is 0 Å². The quantitative estimate of drug-likeness (QED) is 0.686. The maximum atomic E-state index is 13.0. The van der Waals surface area contributed by atoms with Crippen molar-refractivity contribution < 1.29 is 8.78 Å². The average Bonchev–Trinajstić information content (AvgIpc) is 2.55. The Bertz CT molecular complexity index is 378. The topological polar surface area (TPSA) is 0 Å². The maximum Gasteiger partial charge on any atom is 0.159 e. The van der Waals surface area contributed by atoms with E-state index in [2.05, 4.69) is 6.92 Å². The maximum absolute atomic E-state index is 13.0. The minimum Gasteiger partial charge on any atom is -0.204 e. The van der Waals surface area contributed by atoms with Crippen LogP contribution in [0.4, 0.5) is 8.78 Å². The van der Waals surface area contributed by atoms with Crippen LogP contribution in [0.2, 0.25) is 0 Å². The second kappa shape index (κ2) is 4.70. The molecule has 1 aromatic carbocycles. The van der Waals surface area contributed by atoms with E-state index in [-0.39, 0.29) is 5.38 Å². The van der Waals surface area contributed by atoms with E-state index >= 15 is 0 Å². The van der Waals surface area contributed by atoms with Crippen molar-refractivity contribution in [2.45, 2.75) is 31.6 Å². The average molecular weight is 245 g/mol. The van der Waals surface area contributed by atoms with Gasteiger partial charge in [0.25, 0.3) is 0 Å². The summed E-state index contributed by atoms with van der Waals surface area (Å²) in [5.41, 5.74) is 0.863. The van der Waals surface area contributed by atoms with Crippen molar-refractivity contribution in [3.05, 3.63) is 35.4 Å². The predicted molar refractivity (Wildman–Crippen MR) is 61.6 cm³/mol. The zero-order valence-electron chi connectivity index (χ0n) is 9.22. The third-order valence-electron chi connectivity index (χ3n) is 3.61. The van der Waals surface area contributed by atoms with Crippen LogP contribution >= 0.6 is 11.6 Å². The summed E-state index contributed by atoms with van der Waals surface area (Å²) in [5, 5.41) is 0.232. The van der Waals surface area contributed by atoms with Crippen molar-refractivity contribution in [1.82, 2.24) is 0 Å². The molecule has 0 nitrogen and oxygen atoms in total. The summed E-state index contributed by atoms with van der Waals surface area (Å²) in [6, 6.07) is 4.15. The number of halogens is 3. The molecule has 0 bridgehead atoms. The molecule has 3 heteroatoms. The van der Waals surface area contributed by atoms with Crippen LogP contribution in [0.25, 0.3) is 0 Å². The van der Waals surface area contributed by atoms with E-state index in [1.54, 1.807) is 6.07 Å². The molecule has 0 amide bonds. The Labute approximate surface area is 99.6 Å². The van der Waals surface area contributed by atoms with E-state index in [1.165, 1.54) is 12.1 Å². The predicted octanol–water partition coefficient (Wildman–Crippen LogP) is 4.16. The molecule has 3 atom stereocenters. The molecule has 1 aromatic rings. The molecule has 0 saturated heterocycles. The molecule has 88 valence electrons. The Hall–Kier alpha value is -0.630. The fourth-order valence-corrected chi connectivity index (χ4v) is 2.78. The first-order chi connectivity index (χ1) is 7.58. The lowest BCUT2D eigenvalue weighted by Gasteiger charge is -2.17. The largest absolute Gasteiger partial charge is 0.204 e. The standard InChI is InChI=1S/C13H15ClF2/c1-8-10(3-4-11(8)14)6-9-2-5-12(15)13(16)7-9/h2,5,7-8,10-11H,3-4,6H2,1H3. The Morgan fingerprint density at radius 3 is 2.56 bits per heavy atom. The van der Waals surface area contributed by atoms with Gasteiger partial charge >= 0.3 is 0 Å². The molecule has 1 aliphatic carbocycles. The van der Waals surface area contributed by atoms with Crippen molar-refractivity contribution in [2.24, 2.45) is 11.8 Å². The van der Waals surface area contributed by atoms with Crippen LogP contribution in [-0.2, 0) is 6.42 Å². The van der Waals surface area contributed by atoms with Crippen molar-refractivity contribution in [2.75, 3.05) is 0 Å². The normalized spacial score (nSPS) is 29.6. The molecule has 16 heavy (non-hydrogen) atoms. The van der Waals surface area contributed by atoms with E-state index in [9.17, 15) is 8.78 Å². The summed E-state index contributed by atoms with van der Waals surface area (Å²) in [5.74, 6) is -0.592. The molecule has 0 aromatic heterocycles. The lowest BCUT2D eigenvalue weighted by molar-refractivity contribution is 0.418. The molecule has 0 aliphatic heterocycles. The number of alkyl halides is 1. The van der Waals surface area contributed by atoms with Gasteiger partial charge in [-0.15, -0.1) is 11.6 Å². The molecule has 2 rings (SSSR count). The van der Waals surface area contributed by atoms with Crippen LogP contribution in [0.3, 0.4) is 0 Å². The third-order valence-corrected chi connectivity index (χ3v) is 4.22. The van der Waals surface area contributed by atoms with E-state index in [1.807, 2.05) is 0 Å². The van der Waals surface area contributed by atoms with Crippen molar-refractivity contribution in [3.8, 4) is 0 Å². The molecule has 0 heterocycles. The smallest absolute Gasteiger partial charge is 0.159 e. The summed E-state index contributed by atoms with van der Waals surface area (Å²) in [6.45, 7) is 2.13. The lowest BCUT2D eigenvalue weighted by atomic mass is 9.91. The van der Waals surface area contributed by atoms with Gasteiger partial charge in [-0.2, -0.15) is 0 Å². The van der Waals surface area contributed by atoms with Gasteiger partial charge in [-0.05, 0) is 48.8 Å².